The van der Waals surface area contributed by atoms with Crippen molar-refractivity contribution >= 4 is 17.6 Å². The van der Waals surface area contributed by atoms with Crippen LogP contribution in [0, 0.1) is 0 Å². The summed E-state index contributed by atoms with van der Waals surface area (Å²) in [7, 11) is 1.59. The van der Waals surface area contributed by atoms with E-state index in [1.807, 2.05) is 56.9 Å². The molecule has 0 radical (unpaired) electrons. The summed E-state index contributed by atoms with van der Waals surface area (Å²) in [4.78, 5) is 30.4. The van der Waals surface area contributed by atoms with E-state index in [0.29, 0.717) is 18.8 Å². The van der Waals surface area contributed by atoms with E-state index in [1.54, 1.807) is 16.9 Å². The molecule has 2 rings (SSSR count). The molecule has 1 heterocycles. The Morgan fingerprint density at radius 3 is 2.38 bits per heavy atom. The van der Waals surface area contributed by atoms with Gasteiger partial charge in [0, 0.05) is 25.2 Å². The first-order valence-electron chi connectivity index (χ1n) is 8.37. The molecule has 24 heavy (non-hydrogen) atoms. The Morgan fingerprint density at radius 2 is 1.79 bits per heavy atom. The fraction of sp³-hybridized carbons (Fsp3) is 0.556. The van der Waals surface area contributed by atoms with Crippen molar-refractivity contribution in [2.45, 2.75) is 39.8 Å². The lowest BCUT2D eigenvalue weighted by atomic mass is 10.2. The maximum Gasteiger partial charge on any atom is 0.325 e. The number of ether oxygens (including phenoxy) is 1. The lowest BCUT2D eigenvalue weighted by Crippen LogP contribution is -2.48. The van der Waals surface area contributed by atoms with Gasteiger partial charge in [0.05, 0.1) is 12.8 Å². The van der Waals surface area contributed by atoms with Gasteiger partial charge < -0.3 is 14.5 Å². The van der Waals surface area contributed by atoms with Crippen molar-refractivity contribution < 1.29 is 14.3 Å². The Bertz CT molecular complexity index is 593. The number of anilines is 1. The van der Waals surface area contributed by atoms with Crippen molar-refractivity contribution in [3.05, 3.63) is 24.3 Å². The van der Waals surface area contributed by atoms with Crippen molar-refractivity contribution in [3.63, 3.8) is 0 Å². The molecule has 0 bridgehead atoms. The highest BCUT2D eigenvalue weighted by Gasteiger charge is 2.33. The monoisotopic (exact) mass is 333 g/mol. The predicted octanol–water partition coefficient (Wildman–Crippen LogP) is 2.58. The summed E-state index contributed by atoms with van der Waals surface area (Å²) in [6.07, 6.45) is 0. The number of hydrogen-bond donors (Lipinski definition) is 0. The number of nitrogens with zero attached hydrogens (tertiary/aromatic N) is 3. The summed E-state index contributed by atoms with van der Waals surface area (Å²) in [6, 6.07) is 7.50. The number of hydrogen-bond acceptors (Lipinski definition) is 3. The van der Waals surface area contributed by atoms with E-state index in [4.69, 9.17) is 4.74 Å². The highest BCUT2D eigenvalue weighted by atomic mass is 16.5. The first-order valence-corrected chi connectivity index (χ1v) is 8.37. The van der Waals surface area contributed by atoms with Crippen LogP contribution in [0.5, 0.6) is 5.75 Å². The number of para-hydroxylation sites is 2. The second-order valence-corrected chi connectivity index (χ2v) is 6.52. The molecular formula is C18H27N3O3. The van der Waals surface area contributed by atoms with Crippen molar-refractivity contribution in [2.24, 2.45) is 0 Å². The van der Waals surface area contributed by atoms with Crippen LogP contribution in [0.2, 0.25) is 0 Å². The standard InChI is InChI=1S/C18H27N3O3/c1-13(2)21(14(3)4)17(22)12-19-10-11-20(18(19)23)15-8-6-7-9-16(15)24-5/h6-9,13-14H,10-12H2,1-5H3. The zero-order chi connectivity index (χ0) is 17.9. The Balaban J connectivity index is 2.10. The fourth-order valence-electron chi connectivity index (χ4n) is 3.22. The first-order chi connectivity index (χ1) is 11.4. The zero-order valence-electron chi connectivity index (χ0n) is 15.2. The van der Waals surface area contributed by atoms with Crippen LogP contribution < -0.4 is 9.64 Å². The Hall–Kier alpha value is -2.24. The SMILES string of the molecule is COc1ccccc1N1CCN(CC(=O)N(C(C)C)C(C)C)C1=O. The second kappa shape index (κ2) is 7.55. The van der Waals surface area contributed by atoms with Gasteiger partial charge in [-0.2, -0.15) is 0 Å². The molecule has 1 aliphatic rings. The molecule has 0 atom stereocenters. The smallest absolute Gasteiger partial charge is 0.325 e. The molecule has 6 heteroatoms. The van der Waals surface area contributed by atoms with Crippen LogP contribution in [0.3, 0.4) is 0 Å². The average molecular weight is 333 g/mol. The third kappa shape index (κ3) is 3.63. The summed E-state index contributed by atoms with van der Waals surface area (Å²) in [5.74, 6) is 0.639. The normalized spacial score (nSPS) is 14.7. The van der Waals surface area contributed by atoms with Crippen LogP contribution in [-0.2, 0) is 4.79 Å². The van der Waals surface area contributed by atoms with Crippen LogP contribution in [0.4, 0.5) is 10.5 Å². The summed E-state index contributed by atoms with van der Waals surface area (Å²) in [5, 5.41) is 0. The summed E-state index contributed by atoms with van der Waals surface area (Å²) < 4.78 is 5.34. The average Bonchev–Trinajstić information content (AvgIpc) is 2.87. The second-order valence-electron chi connectivity index (χ2n) is 6.52. The van der Waals surface area contributed by atoms with Gasteiger partial charge in [-0.15, -0.1) is 0 Å². The quantitative estimate of drug-likeness (QED) is 0.804. The highest BCUT2D eigenvalue weighted by Crippen LogP contribution is 2.30. The van der Waals surface area contributed by atoms with Crippen molar-refractivity contribution in [1.29, 1.82) is 0 Å². The van der Waals surface area contributed by atoms with E-state index in [1.165, 1.54) is 0 Å². The largest absolute Gasteiger partial charge is 0.495 e. The molecule has 0 spiro atoms. The Labute approximate surface area is 144 Å². The first kappa shape index (κ1) is 18.1. The molecule has 132 valence electrons. The van der Waals surface area contributed by atoms with Crippen LogP contribution in [0.1, 0.15) is 27.7 Å². The Morgan fingerprint density at radius 1 is 1.17 bits per heavy atom. The van der Waals surface area contributed by atoms with Gasteiger partial charge in [0.25, 0.3) is 0 Å². The number of rotatable bonds is 6. The van der Waals surface area contributed by atoms with Gasteiger partial charge in [0.1, 0.15) is 12.3 Å². The summed E-state index contributed by atoms with van der Waals surface area (Å²) in [5.41, 5.74) is 0.740. The minimum atomic E-state index is -0.152. The van der Waals surface area contributed by atoms with Crippen LogP contribution in [-0.4, -0.2) is 60.6 Å². The number of benzene rings is 1. The molecule has 3 amide bonds. The number of methoxy groups -OCH3 is 1. The number of carbonyl (C=O) groups excluding carboxylic acids is 2. The van der Waals surface area contributed by atoms with E-state index in [-0.39, 0.29) is 30.6 Å². The van der Waals surface area contributed by atoms with E-state index in [2.05, 4.69) is 0 Å². The molecule has 0 saturated carbocycles. The predicted molar refractivity (Wildman–Crippen MR) is 94.4 cm³/mol. The molecule has 1 fully saturated rings. The summed E-state index contributed by atoms with van der Waals surface area (Å²) >= 11 is 0. The van der Waals surface area contributed by atoms with Crippen molar-refractivity contribution in [3.8, 4) is 5.75 Å². The third-order valence-electron chi connectivity index (χ3n) is 4.20. The molecule has 1 aromatic carbocycles. The molecule has 0 aliphatic carbocycles. The van der Waals surface area contributed by atoms with Gasteiger partial charge in [0.2, 0.25) is 5.91 Å². The number of amides is 3. The molecule has 1 aliphatic heterocycles. The molecule has 0 unspecified atom stereocenters. The molecule has 6 nitrogen and oxygen atoms in total. The van der Waals surface area contributed by atoms with Gasteiger partial charge in [-0.25, -0.2) is 4.79 Å². The van der Waals surface area contributed by atoms with Gasteiger partial charge in [-0.05, 0) is 39.8 Å². The van der Waals surface area contributed by atoms with Gasteiger partial charge in [-0.1, -0.05) is 12.1 Å². The minimum Gasteiger partial charge on any atom is -0.495 e. The van der Waals surface area contributed by atoms with Gasteiger partial charge in [0.15, 0.2) is 0 Å². The molecular weight excluding hydrogens is 306 g/mol. The number of urea groups is 1. The minimum absolute atomic E-state index is 0.0183. The summed E-state index contributed by atoms with van der Waals surface area (Å²) in [6.45, 7) is 9.16. The molecule has 1 aromatic rings. The van der Waals surface area contributed by atoms with Gasteiger partial charge in [-0.3, -0.25) is 9.69 Å². The third-order valence-corrected chi connectivity index (χ3v) is 4.20. The van der Waals surface area contributed by atoms with Crippen LogP contribution >= 0.6 is 0 Å². The van der Waals surface area contributed by atoms with E-state index in [9.17, 15) is 9.59 Å². The Kier molecular flexibility index (Phi) is 5.70. The van der Waals surface area contributed by atoms with Gasteiger partial charge >= 0.3 is 6.03 Å². The molecule has 1 saturated heterocycles. The van der Waals surface area contributed by atoms with E-state index < -0.39 is 0 Å². The molecule has 0 N–H and O–H groups in total. The number of carbonyl (C=O) groups is 2. The van der Waals surface area contributed by atoms with E-state index >= 15 is 0 Å². The van der Waals surface area contributed by atoms with Crippen molar-refractivity contribution in [2.75, 3.05) is 31.6 Å². The fourth-order valence-corrected chi connectivity index (χ4v) is 3.22. The zero-order valence-corrected chi connectivity index (χ0v) is 15.2. The lowest BCUT2D eigenvalue weighted by Gasteiger charge is -2.32. The van der Waals surface area contributed by atoms with Crippen LogP contribution in [0.15, 0.2) is 24.3 Å². The maximum atomic E-state index is 12.7. The van der Waals surface area contributed by atoms with E-state index in [0.717, 1.165) is 5.69 Å². The van der Waals surface area contributed by atoms with Crippen molar-refractivity contribution in [1.82, 2.24) is 9.80 Å². The topological polar surface area (TPSA) is 53.1 Å². The van der Waals surface area contributed by atoms with Crippen LogP contribution in [0.25, 0.3) is 0 Å². The maximum absolute atomic E-state index is 12.7. The molecule has 0 aromatic heterocycles. The highest BCUT2D eigenvalue weighted by molar-refractivity contribution is 5.97. The lowest BCUT2D eigenvalue weighted by molar-refractivity contribution is -0.135.